The van der Waals surface area contributed by atoms with Crippen LogP contribution in [0.2, 0.25) is 0 Å². The third-order valence-corrected chi connectivity index (χ3v) is 13.8. The van der Waals surface area contributed by atoms with E-state index in [9.17, 15) is 14.4 Å². The molecular weight excluding hydrogens is 627 g/mol. The summed E-state index contributed by atoms with van der Waals surface area (Å²) in [5, 5.41) is 5.94. The third kappa shape index (κ3) is 6.85. The largest absolute Gasteiger partial charge is 0.484 e. The molecule has 47 heavy (non-hydrogen) atoms. The molecule has 2 amide bonds. The molecule has 0 aromatic heterocycles. The smallest absolute Gasteiger partial charge is 0.355 e. The predicted molar refractivity (Wildman–Crippen MR) is 190 cm³/mol. The number of rotatable bonds is 10. The maximum atomic E-state index is 14.1. The van der Waals surface area contributed by atoms with E-state index in [-0.39, 0.29) is 18.2 Å². The summed E-state index contributed by atoms with van der Waals surface area (Å²) in [6.45, 7) is 5.25. The van der Waals surface area contributed by atoms with Crippen LogP contribution < -0.4 is 26.0 Å². The zero-order valence-corrected chi connectivity index (χ0v) is 28.4. The SMILES string of the molecule is CC(C)(C)OC(=O)C1=C(C[P+](c2ccccc2)(c2ccccc2)c2ccccc2)CS[C@@H]2[C@H](NC(=O)COc3ccccc3)C(=O)N12. The molecule has 0 bridgehead atoms. The Hall–Kier alpha value is -4.39. The molecule has 2 aliphatic heterocycles. The Bertz CT molecular complexity index is 1670. The Balaban J connectivity index is 1.38. The van der Waals surface area contributed by atoms with Gasteiger partial charge in [0.25, 0.3) is 11.8 Å². The number of esters is 1. The first-order chi connectivity index (χ1) is 22.7. The summed E-state index contributed by atoms with van der Waals surface area (Å²) in [5.74, 6) is -0.196. The van der Waals surface area contributed by atoms with Gasteiger partial charge in [0.15, 0.2) is 6.61 Å². The number of carbonyl (C=O) groups is 3. The number of hydrogen-bond donors (Lipinski definition) is 1. The van der Waals surface area contributed by atoms with Gasteiger partial charge in [-0.05, 0) is 69.3 Å². The van der Waals surface area contributed by atoms with Crippen LogP contribution in [-0.4, -0.2) is 58.2 Å². The van der Waals surface area contributed by atoms with Crippen LogP contribution in [-0.2, 0) is 19.1 Å². The van der Waals surface area contributed by atoms with Crippen molar-refractivity contribution >= 4 is 52.7 Å². The number of para-hydroxylation sites is 1. The Morgan fingerprint density at radius 2 is 1.30 bits per heavy atom. The fourth-order valence-electron chi connectivity index (χ4n) is 6.06. The van der Waals surface area contributed by atoms with E-state index in [0.717, 1.165) is 5.57 Å². The van der Waals surface area contributed by atoms with Crippen molar-refractivity contribution in [1.82, 2.24) is 10.2 Å². The van der Waals surface area contributed by atoms with Gasteiger partial charge in [-0.1, -0.05) is 72.8 Å². The van der Waals surface area contributed by atoms with Gasteiger partial charge in [0.2, 0.25) is 0 Å². The zero-order chi connectivity index (χ0) is 33.0. The van der Waals surface area contributed by atoms with Crippen LogP contribution in [0.1, 0.15) is 20.8 Å². The van der Waals surface area contributed by atoms with Gasteiger partial charge >= 0.3 is 5.97 Å². The van der Waals surface area contributed by atoms with Crippen molar-refractivity contribution in [2.45, 2.75) is 37.8 Å². The number of thioether (sulfide) groups is 1. The highest BCUT2D eigenvalue weighted by molar-refractivity contribution is 8.00. The highest BCUT2D eigenvalue weighted by Gasteiger charge is 2.57. The van der Waals surface area contributed by atoms with Crippen molar-refractivity contribution in [3.63, 3.8) is 0 Å². The second-order valence-corrected chi connectivity index (χ2v) is 17.1. The number of carbonyl (C=O) groups excluding carboxylic acids is 3. The monoisotopic (exact) mass is 665 g/mol. The molecule has 1 saturated heterocycles. The Kier molecular flexibility index (Phi) is 9.53. The minimum Gasteiger partial charge on any atom is -0.484 e. The lowest BCUT2D eigenvalue weighted by Crippen LogP contribution is -2.71. The van der Waals surface area contributed by atoms with Crippen LogP contribution in [0.4, 0.5) is 0 Å². The number of β-lactam (4-membered cyclic amide) rings is 1. The topological polar surface area (TPSA) is 84.9 Å². The Labute approximate surface area is 280 Å². The third-order valence-electron chi connectivity index (χ3n) is 8.09. The van der Waals surface area contributed by atoms with E-state index in [4.69, 9.17) is 9.47 Å². The van der Waals surface area contributed by atoms with Crippen molar-refractivity contribution in [1.29, 1.82) is 0 Å². The van der Waals surface area contributed by atoms with Crippen LogP contribution >= 0.6 is 19.0 Å². The van der Waals surface area contributed by atoms with Crippen molar-refractivity contribution in [3.05, 3.63) is 133 Å². The van der Waals surface area contributed by atoms with Crippen molar-refractivity contribution < 1.29 is 23.9 Å². The summed E-state index contributed by atoms with van der Waals surface area (Å²) >= 11 is 1.56. The van der Waals surface area contributed by atoms with Crippen LogP contribution in [0.5, 0.6) is 5.75 Å². The van der Waals surface area contributed by atoms with Gasteiger partial charge in [0.1, 0.15) is 51.6 Å². The van der Waals surface area contributed by atoms with E-state index in [1.54, 1.807) is 23.9 Å². The first kappa shape index (κ1) is 32.5. The number of hydrogen-bond acceptors (Lipinski definition) is 6. The number of fused-ring (bicyclic) bond motifs is 1. The van der Waals surface area contributed by atoms with Gasteiger partial charge in [-0.3, -0.25) is 14.5 Å². The summed E-state index contributed by atoms with van der Waals surface area (Å²) in [7, 11) is -2.37. The van der Waals surface area contributed by atoms with Crippen molar-refractivity contribution in [2.24, 2.45) is 0 Å². The van der Waals surface area contributed by atoms with Crippen molar-refractivity contribution in [2.75, 3.05) is 18.5 Å². The fourth-order valence-corrected chi connectivity index (χ4v) is 11.9. The van der Waals surface area contributed by atoms with Crippen LogP contribution in [0.25, 0.3) is 0 Å². The van der Waals surface area contributed by atoms with Crippen LogP contribution in [0.15, 0.2) is 133 Å². The van der Waals surface area contributed by atoms with Gasteiger partial charge in [-0.25, -0.2) is 4.79 Å². The highest BCUT2D eigenvalue weighted by Crippen LogP contribution is 2.58. The lowest BCUT2D eigenvalue weighted by molar-refractivity contribution is -0.159. The molecule has 1 N–H and O–H groups in total. The van der Waals surface area contributed by atoms with Gasteiger partial charge < -0.3 is 14.8 Å². The highest BCUT2D eigenvalue weighted by atomic mass is 32.2. The second kappa shape index (κ2) is 13.8. The second-order valence-electron chi connectivity index (χ2n) is 12.5. The fraction of sp³-hybridized carbons (Fsp3) is 0.237. The molecule has 4 aromatic rings. The van der Waals surface area contributed by atoms with E-state index in [1.165, 1.54) is 20.8 Å². The maximum absolute atomic E-state index is 14.1. The predicted octanol–water partition coefficient (Wildman–Crippen LogP) is 5.06. The number of nitrogens with zero attached hydrogens (tertiary/aromatic N) is 1. The lowest BCUT2D eigenvalue weighted by Gasteiger charge is -2.50. The minimum absolute atomic E-state index is 0.219. The minimum atomic E-state index is -2.37. The average molecular weight is 666 g/mol. The lowest BCUT2D eigenvalue weighted by atomic mass is 10.0. The van der Waals surface area contributed by atoms with Crippen molar-refractivity contribution in [3.8, 4) is 5.75 Å². The molecule has 0 aliphatic carbocycles. The van der Waals surface area contributed by atoms with Crippen LogP contribution in [0.3, 0.4) is 0 Å². The molecule has 0 spiro atoms. The van der Waals surface area contributed by atoms with Crippen LogP contribution in [0, 0.1) is 0 Å². The Morgan fingerprint density at radius 3 is 1.79 bits per heavy atom. The molecule has 1 fully saturated rings. The number of ether oxygens (including phenoxy) is 2. The molecule has 7 nitrogen and oxygen atoms in total. The van der Waals surface area contributed by atoms with Gasteiger partial charge in [-0.2, -0.15) is 0 Å². The van der Waals surface area contributed by atoms with E-state index in [0.29, 0.717) is 17.7 Å². The standard InChI is InChI=1S/C38H37N2O5PS/c1-38(2,3)45-37(43)34-27(26-47-36-33(35(42)40(34)36)39-32(41)24-44-28-16-8-4-9-17-28)25-46(29-18-10-5-11-19-29,30-20-12-6-13-21-30)31-22-14-7-15-23-31/h4-23,33,36H,24-26H2,1-3H3/p+1/t33-,36-/m1/s1. The first-order valence-corrected chi connectivity index (χ1v) is 18.6. The quantitative estimate of drug-likeness (QED) is 0.145. The maximum Gasteiger partial charge on any atom is 0.355 e. The zero-order valence-electron chi connectivity index (χ0n) is 26.7. The molecule has 0 saturated carbocycles. The summed E-state index contributed by atoms with van der Waals surface area (Å²) in [6, 6.07) is 39.6. The number of benzene rings is 4. The van der Waals surface area contributed by atoms with E-state index in [2.05, 4.69) is 78.1 Å². The Morgan fingerprint density at radius 1 is 0.809 bits per heavy atom. The summed E-state index contributed by atoms with van der Waals surface area (Å²) in [6.07, 6.45) is 0.547. The molecule has 240 valence electrons. The summed E-state index contributed by atoms with van der Waals surface area (Å²) in [5.41, 5.74) is 0.374. The molecule has 9 heteroatoms. The molecule has 4 aromatic carbocycles. The van der Waals surface area contributed by atoms with E-state index < -0.39 is 36.2 Å². The molecule has 2 atom stereocenters. The number of nitrogens with one attached hydrogen (secondary N) is 1. The number of amides is 2. The average Bonchev–Trinajstić information content (AvgIpc) is 3.09. The first-order valence-electron chi connectivity index (χ1n) is 15.6. The van der Waals surface area contributed by atoms with Gasteiger partial charge in [0.05, 0.1) is 6.16 Å². The van der Waals surface area contributed by atoms with E-state index in [1.807, 2.05) is 57.2 Å². The molecule has 2 heterocycles. The molecule has 0 radical (unpaired) electrons. The van der Waals surface area contributed by atoms with Gasteiger partial charge in [-0.15, -0.1) is 11.8 Å². The molecule has 2 aliphatic rings. The van der Waals surface area contributed by atoms with E-state index >= 15 is 0 Å². The van der Waals surface area contributed by atoms with Gasteiger partial charge in [0, 0.05) is 11.3 Å². The molecule has 6 rings (SSSR count). The summed E-state index contributed by atoms with van der Waals surface area (Å²) in [4.78, 5) is 42.3. The normalized spacial score (nSPS) is 17.8. The molecule has 0 unspecified atom stereocenters. The molecular formula is C38H38N2O5PS+. The summed E-state index contributed by atoms with van der Waals surface area (Å²) < 4.78 is 11.5.